The summed E-state index contributed by atoms with van der Waals surface area (Å²) in [5.41, 5.74) is 4.65. The van der Waals surface area contributed by atoms with E-state index in [0.717, 1.165) is 22.3 Å². The molecule has 4 aromatic rings. The van der Waals surface area contributed by atoms with E-state index < -0.39 is 0 Å². The van der Waals surface area contributed by atoms with E-state index in [0.29, 0.717) is 23.1 Å². The van der Waals surface area contributed by atoms with Gasteiger partial charge >= 0.3 is 0 Å². The molecule has 5 nitrogen and oxygen atoms in total. The molecule has 2 N–H and O–H groups in total. The summed E-state index contributed by atoms with van der Waals surface area (Å²) in [5, 5.41) is 3.32. The topological polar surface area (TPSA) is 70.7 Å². The van der Waals surface area contributed by atoms with Gasteiger partial charge in [0.25, 0.3) is 5.91 Å². The number of halogens is 1. The number of aromatic nitrogens is 3. The fourth-order valence-electron chi connectivity index (χ4n) is 3.06. The van der Waals surface area contributed by atoms with E-state index in [-0.39, 0.29) is 5.91 Å². The molecule has 0 unspecified atom stereocenters. The Labute approximate surface area is 167 Å². The molecule has 0 fully saturated rings. The third kappa shape index (κ3) is 3.80. The molecule has 2 heterocycles. The summed E-state index contributed by atoms with van der Waals surface area (Å²) in [5.74, 6) is -0.186. The number of H-pyrrole nitrogens is 1. The third-order valence-electron chi connectivity index (χ3n) is 4.38. The molecule has 1 amide bonds. The van der Waals surface area contributed by atoms with Gasteiger partial charge in [0.15, 0.2) is 0 Å². The van der Waals surface area contributed by atoms with E-state index >= 15 is 0 Å². The standard InChI is InChI=1S/C22H17ClN4O/c23-19-11-18(26-14-27-19)17-13-24-21(20(17)16-9-5-2-6-10-16)22(28)25-12-15-7-3-1-4-8-15/h1-11,13-14,24H,12H2,(H,25,28). The van der Waals surface area contributed by atoms with Gasteiger partial charge in [0.05, 0.1) is 5.69 Å². The molecule has 28 heavy (non-hydrogen) atoms. The number of hydrogen-bond donors (Lipinski definition) is 2. The van der Waals surface area contributed by atoms with Gasteiger partial charge in [-0.15, -0.1) is 0 Å². The molecule has 0 saturated carbocycles. The largest absolute Gasteiger partial charge is 0.356 e. The lowest BCUT2D eigenvalue weighted by molar-refractivity contribution is 0.0947. The van der Waals surface area contributed by atoms with Crippen molar-refractivity contribution in [3.05, 3.63) is 95.7 Å². The maximum Gasteiger partial charge on any atom is 0.268 e. The smallest absolute Gasteiger partial charge is 0.268 e. The molecule has 2 aromatic heterocycles. The number of carbonyl (C=O) groups is 1. The minimum Gasteiger partial charge on any atom is -0.356 e. The first-order valence-electron chi connectivity index (χ1n) is 8.79. The van der Waals surface area contributed by atoms with Gasteiger partial charge in [-0.2, -0.15) is 0 Å². The van der Waals surface area contributed by atoms with Crippen molar-refractivity contribution >= 4 is 17.5 Å². The molecule has 0 aliphatic rings. The second-order valence-electron chi connectivity index (χ2n) is 6.21. The molecular formula is C22H17ClN4O. The van der Waals surface area contributed by atoms with E-state index in [1.54, 1.807) is 12.3 Å². The molecule has 0 radical (unpaired) electrons. The highest BCUT2D eigenvalue weighted by atomic mass is 35.5. The predicted molar refractivity (Wildman–Crippen MR) is 110 cm³/mol. The molecule has 6 heteroatoms. The summed E-state index contributed by atoms with van der Waals surface area (Å²) in [6.45, 7) is 0.446. The Kier molecular flexibility index (Phi) is 5.17. The summed E-state index contributed by atoms with van der Waals surface area (Å²) in [4.78, 5) is 24.3. The minimum atomic E-state index is -0.186. The van der Waals surface area contributed by atoms with Crippen molar-refractivity contribution in [2.45, 2.75) is 6.54 Å². The van der Waals surface area contributed by atoms with E-state index in [2.05, 4.69) is 20.3 Å². The number of benzene rings is 2. The second-order valence-corrected chi connectivity index (χ2v) is 6.60. The van der Waals surface area contributed by atoms with Gasteiger partial charge in [-0.25, -0.2) is 9.97 Å². The fraction of sp³-hybridized carbons (Fsp3) is 0.0455. The van der Waals surface area contributed by atoms with Crippen LogP contribution in [0.4, 0.5) is 0 Å². The van der Waals surface area contributed by atoms with Gasteiger partial charge in [-0.1, -0.05) is 72.3 Å². The first kappa shape index (κ1) is 17.9. The van der Waals surface area contributed by atoms with E-state index in [4.69, 9.17) is 11.6 Å². The van der Waals surface area contributed by atoms with Crippen LogP contribution in [0.3, 0.4) is 0 Å². The molecular weight excluding hydrogens is 372 g/mol. The molecule has 0 bridgehead atoms. The quantitative estimate of drug-likeness (QED) is 0.486. The first-order chi connectivity index (χ1) is 13.7. The summed E-state index contributed by atoms with van der Waals surface area (Å²) >= 11 is 6.04. The molecule has 0 atom stereocenters. The molecule has 4 rings (SSSR count). The van der Waals surface area contributed by atoms with E-state index in [1.165, 1.54) is 6.33 Å². The summed E-state index contributed by atoms with van der Waals surface area (Å²) in [6, 6.07) is 21.2. The van der Waals surface area contributed by atoms with Crippen LogP contribution in [-0.2, 0) is 6.54 Å². The zero-order chi connectivity index (χ0) is 19.3. The SMILES string of the molecule is O=C(NCc1ccccc1)c1[nH]cc(-c2cc(Cl)ncn2)c1-c1ccccc1. The van der Waals surface area contributed by atoms with Crippen LogP contribution in [0.2, 0.25) is 5.15 Å². The van der Waals surface area contributed by atoms with Crippen LogP contribution in [-0.4, -0.2) is 20.9 Å². The molecule has 0 aliphatic carbocycles. The Morgan fingerprint density at radius 2 is 1.71 bits per heavy atom. The van der Waals surface area contributed by atoms with Crippen LogP contribution in [0.15, 0.2) is 79.3 Å². The second kappa shape index (κ2) is 8.06. The van der Waals surface area contributed by atoms with E-state index in [1.807, 2.05) is 60.7 Å². The van der Waals surface area contributed by atoms with Crippen molar-refractivity contribution in [3.8, 4) is 22.4 Å². The fourth-order valence-corrected chi connectivity index (χ4v) is 3.20. The average Bonchev–Trinajstić information content (AvgIpc) is 3.19. The number of aromatic amines is 1. The van der Waals surface area contributed by atoms with Crippen LogP contribution in [0, 0.1) is 0 Å². The zero-order valence-corrected chi connectivity index (χ0v) is 15.6. The first-order valence-corrected chi connectivity index (χ1v) is 9.17. The zero-order valence-electron chi connectivity index (χ0n) is 14.9. The predicted octanol–water partition coefficient (Wildman–Crippen LogP) is 4.72. The summed E-state index contributed by atoms with van der Waals surface area (Å²) < 4.78 is 0. The van der Waals surface area contributed by atoms with Crippen molar-refractivity contribution < 1.29 is 4.79 Å². The maximum absolute atomic E-state index is 12.9. The van der Waals surface area contributed by atoms with Gasteiger partial charge in [0, 0.05) is 29.9 Å². The van der Waals surface area contributed by atoms with Crippen LogP contribution < -0.4 is 5.32 Å². The number of rotatable bonds is 5. The van der Waals surface area contributed by atoms with Crippen molar-refractivity contribution in [2.75, 3.05) is 0 Å². The minimum absolute atomic E-state index is 0.186. The number of amides is 1. The van der Waals surface area contributed by atoms with Gasteiger partial charge in [0.1, 0.15) is 17.2 Å². The van der Waals surface area contributed by atoms with Crippen LogP contribution in [0.5, 0.6) is 0 Å². The van der Waals surface area contributed by atoms with E-state index in [9.17, 15) is 4.79 Å². The Morgan fingerprint density at radius 3 is 2.43 bits per heavy atom. The maximum atomic E-state index is 12.9. The molecule has 0 spiro atoms. The van der Waals surface area contributed by atoms with Crippen molar-refractivity contribution in [1.82, 2.24) is 20.3 Å². The summed E-state index contributed by atoms with van der Waals surface area (Å²) in [6.07, 6.45) is 3.19. The third-order valence-corrected chi connectivity index (χ3v) is 4.58. The highest BCUT2D eigenvalue weighted by Crippen LogP contribution is 2.34. The Morgan fingerprint density at radius 1 is 1.00 bits per heavy atom. The Bertz CT molecular complexity index is 1090. The number of hydrogen-bond acceptors (Lipinski definition) is 3. The van der Waals surface area contributed by atoms with Crippen LogP contribution >= 0.6 is 11.6 Å². The Hall–Kier alpha value is -3.44. The number of carbonyl (C=O) groups excluding carboxylic acids is 1. The van der Waals surface area contributed by atoms with Crippen LogP contribution in [0.1, 0.15) is 16.1 Å². The normalized spacial score (nSPS) is 10.6. The number of nitrogens with zero attached hydrogens (tertiary/aromatic N) is 2. The monoisotopic (exact) mass is 388 g/mol. The highest BCUT2D eigenvalue weighted by Gasteiger charge is 2.20. The Balaban J connectivity index is 1.72. The lowest BCUT2D eigenvalue weighted by atomic mass is 9.99. The lowest BCUT2D eigenvalue weighted by Gasteiger charge is -2.09. The highest BCUT2D eigenvalue weighted by molar-refractivity contribution is 6.29. The molecule has 2 aromatic carbocycles. The van der Waals surface area contributed by atoms with Crippen molar-refractivity contribution in [1.29, 1.82) is 0 Å². The average molecular weight is 389 g/mol. The number of nitrogens with one attached hydrogen (secondary N) is 2. The summed E-state index contributed by atoms with van der Waals surface area (Å²) in [7, 11) is 0. The van der Waals surface area contributed by atoms with Gasteiger partial charge in [-0.05, 0) is 11.1 Å². The van der Waals surface area contributed by atoms with Gasteiger partial charge < -0.3 is 10.3 Å². The lowest BCUT2D eigenvalue weighted by Crippen LogP contribution is -2.23. The molecule has 0 saturated heterocycles. The van der Waals surface area contributed by atoms with Crippen molar-refractivity contribution in [2.24, 2.45) is 0 Å². The molecule has 0 aliphatic heterocycles. The van der Waals surface area contributed by atoms with Gasteiger partial charge in [0.2, 0.25) is 0 Å². The van der Waals surface area contributed by atoms with Crippen molar-refractivity contribution in [3.63, 3.8) is 0 Å². The van der Waals surface area contributed by atoms with Crippen LogP contribution in [0.25, 0.3) is 22.4 Å². The van der Waals surface area contributed by atoms with Gasteiger partial charge in [-0.3, -0.25) is 4.79 Å². The molecule has 138 valence electrons.